The second-order valence-electron chi connectivity index (χ2n) is 7.38. The lowest BCUT2D eigenvalue weighted by Gasteiger charge is -2.37. The Bertz CT molecular complexity index is 824. The number of nitrogens with zero attached hydrogens (tertiary/aromatic N) is 5. The molecule has 148 valence electrons. The van der Waals surface area contributed by atoms with Gasteiger partial charge in [-0.2, -0.15) is 0 Å². The summed E-state index contributed by atoms with van der Waals surface area (Å²) in [7, 11) is 1.67. The van der Waals surface area contributed by atoms with E-state index in [1.807, 2.05) is 41.6 Å². The number of amidine groups is 2. The summed E-state index contributed by atoms with van der Waals surface area (Å²) in [4.78, 5) is 28.3. The molecule has 1 unspecified atom stereocenters. The van der Waals surface area contributed by atoms with Crippen LogP contribution in [0.1, 0.15) is 18.9 Å². The highest BCUT2D eigenvalue weighted by Crippen LogP contribution is 2.20. The van der Waals surface area contributed by atoms with Gasteiger partial charge >= 0.3 is 0 Å². The van der Waals surface area contributed by atoms with Crippen LogP contribution < -0.4 is 4.74 Å². The van der Waals surface area contributed by atoms with Crippen LogP contribution >= 0.6 is 0 Å². The number of fused-ring (bicyclic) bond motifs is 1. The Kier molecular flexibility index (Phi) is 5.32. The summed E-state index contributed by atoms with van der Waals surface area (Å²) in [5, 5.41) is 0. The molecule has 1 saturated heterocycles. The number of hydrogen-bond acceptors (Lipinski definition) is 6. The third kappa shape index (κ3) is 3.74. The van der Waals surface area contributed by atoms with Crippen LogP contribution in [0.3, 0.4) is 0 Å². The van der Waals surface area contributed by atoms with Crippen molar-refractivity contribution in [1.29, 1.82) is 0 Å². The molecule has 0 bridgehead atoms. The average Bonchev–Trinajstić information content (AvgIpc) is 3.12. The van der Waals surface area contributed by atoms with Crippen LogP contribution in [-0.4, -0.2) is 78.2 Å². The van der Waals surface area contributed by atoms with Gasteiger partial charge in [0.25, 0.3) is 0 Å². The Morgan fingerprint density at radius 3 is 2.75 bits per heavy atom. The maximum Gasteiger partial charge on any atom is 0.223 e. The molecule has 1 aromatic rings. The summed E-state index contributed by atoms with van der Waals surface area (Å²) in [6.07, 6.45) is 5.03. The number of methoxy groups -OCH3 is 1. The Labute approximate surface area is 166 Å². The van der Waals surface area contributed by atoms with Gasteiger partial charge in [-0.3, -0.25) is 9.79 Å². The molecule has 1 amide bonds. The number of piperazine rings is 1. The molecule has 7 heteroatoms. The third-order valence-electron chi connectivity index (χ3n) is 5.45. The summed E-state index contributed by atoms with van der Waals surface area (Å²) >= 11 is 0. The fourth-order valence-electron chi connectivity index (χ4n) is 3.95. The van der Waals surface area contributed by atoms with Crippen molar-refractivity contribution in [3.8, 4) is 5.75 Å². The van der Waals surface area contributed by atoms with Crippen molar-refractivity contribution in [2.24, 2.45) is 9.98 Å². The van der Waals surface area contributed by atoms with Gasteiger partial charge in [0.05, 0.1) is 13.2 Å². The molecule has 7 nitrogen and oxygen atoms in total. The van der Waals surface area contributed by atoms with E-state index in [0.717, 1.165) is 55.7 Å². The highest BCUT2D eigenvalue weighted by molar-refractivity contribution is 6.41. The van der Waals surface area contributed by atoms with Gasteiger partial charge in [-0.1, -0.05) is 18.2 Å². The molecule has 3 aliphatic rings. The van der Waals surface area contributed by atoms with E-state index in [1.165, 1.54) is 0 Å². The number of aryl methyl sites for hydroxylation is 1. The molecule has 1 fully saturated rings. The number of rotatable bonds is 4. The maximum absolute atomic E-state index is 12.7. The molecule has 0 N–H and O–H groups in total. The molecule has 0 aromatic heterocycles. The Hall–Kier alpha value is -2.83. The Balaban J connectivity index is 1.32. The van der Waals surface area contributed by atoms with E-state index >= 15 is 0 Å². The molecule has 0 saturated carbocycles. The molecular formula is C21H27N5O2. The van der Waals surface area contributed by atoms with E-state index in [4.69, 9.17) is 9.73 Å². The van der Waals surface area contributed by atoms with Gasteiger partial charge in [0.2, 0.25) is 5.91 Å². The summed E-state index contributed by atoms with van der Waals surface area (Å²) < 4.78 is 5.38. The predicted molar refractivity (Wildman–Crippen MR) is 110 cm³/mol. The van der Waals surface area contributed by atoms with E-state index in [2.05, 4.69) is 21.7 Å². The van der Waals surface area contributed by atoms with Crippen LogP contribution in [0.15, 0.2) is 46.7 Å². The number of aliphatic imine (C=N–C) groups is 2. The van der Waals surface area contributed by atoms with Crippen LogP contribution in [0.2, 0.25) is 0 Å². The van der Waals surface area contributed by atoms with Gasteiger partial charge in [0.15, 0.2) is 11.7 Å². The number of carbonyl (C=O) groups excluding carboxylic acids is 1. The molecule has 0 spiro atoms. The fourth-order valence-corrected chi connectivity index (χ4v) is 3.95. The van der Waals surface area contributed by atoms with Gasteiger partial charge in [0.1, 0.15) is 5.75 Å². The average molecular weight is 381 g/mol. The summed E-state index contributed by atoms with van der Waals surface area (Å²) in [5.74, 6) is 2.95. The number of amides is 1. The zero-order valence-electron chi connectivity index (χ0n) is 16.5. The lowest BCUT2D eigenvalue weighted by molar-refractivity contribution is -0.132. The Morgan fingerprint density at radius 1 is 1.18 bits per heavy atom. The topological polar surface area (TPSA) is 60.7 Å². The highest BCUT2D eigenvalue weighted by atomic mass is 16.5. The highest BCUT2D eigenvalue weighted by Gasteiger charge is 2.32. The van der Waals surface area contributed by atoms with Gasteiger partial charge in [-0.05, 0) is 25.0 Å². The van der Waals surface area contributed by atoms with Gasteiger partial charge in [-0.15, -0.1) is 0 Å². The van der Waals surface area contributed by atoms with Crippen molar-refractivity contribution >= 4 is 17.6 Å². The molecular weight excluding hydrogens is 354 g/mol. The predicted octanol–water partition coefficient (Wildman–Crippen LogP) is 1.76. The lowest BCUT2D eigenvalue weighted by Crippen LogP contribution is -2.53. The number of benzene rings is 1. The van der Waals surface area contributed by atoms with Crippen molar-refractivity contribution in [2.45, 2.75) is 25.8 Å². The minimum atomic E-state index is 0.199. The fraction of sp³-hybridized carbons (Fsp3) is 0.476. The standard InChI is InChI=1S/C21H27N5O2/c1-16-15-26-10-9-22-20(21(26)23-16)25-13-11-24(12-14-25)19(27)8-7-17-5-3-4-6-18(17)28-2/h3-6,9-10,16H,7-8,11-15H2,1-2H3. The SMILES string of the molecule is COc1ccccc1CCC(=O)N1CCN(C2=NC=CN3CC(C)N=C23)CC1. The van der Waals surface area contributed by atoms with Crippen molar-refractivity contribution in [3.05, 3.63) is 42.2 Å². The molecule has 1 atom stereocenters. The first-order chi connectivity index (χ1) is 13.7. The van der Waals surface area contributed by atoms with E-state index in [0.29, 0.717) is 18.9 Å². The monoisotopic (exact) mass is 381 g/mol. The smallest absolute Gasteiger partial charge is 0.223 e. The molecule has 0 aliphatic carbocycles. The molecule has 1 aromatic carbocycles. The van der Waals surface area contributed by atoms with E-state index < -0.39 is 0 Å². The quantitative estimate of drug-likeness (QED) is 0.797. The summed E-state index contributed by atoms with van der Waals surface area (Å²) in [6, 6.07) is 8.18. The van der Waals surface area contributed by atoms with Crippen LogP contribution in [0.5, 0.6) is 5.75 Å². The van der Waals surface area contributed by atoms with Gasteiger partial charge < -0.3 is 19.4 Å². The minimum Gasteiger partial charge on any atom is -0.496 e. The van der Waals surface area contributed by atoms with Gasteiger partial charge in [0, 0.05) is 51.5 Å². The first kappa shape index (κ1) is 18.5. The molecule has 4 rings (SSSR count). The van der Waals surface area contributed by atoms with Crippen molar-refractivity contribution in [2.75, 3.05) is 39.8 Å². The zero-order valence-corrected chi connectivity index (χ0v) is 16.5. The second-order valence-corrected chi connectivity index (χ2v) is 7.38. The number of hydrogen-bond donors (Lipinski definition) is 0. The maximum atomic E-state index is 12.7. The first-order valence-electron chi connectivity index (χ1n) is 9.89. The van der Waals surface area contributed by atoms with Gasteiger partial charge in [-0.25, -0.2) is 4.99 Å². The van der Waals surface area contributed by atoms with Crippen LogP contribution in [0.4, 0.5) is 0 Å². The van der Waals surface area contributed by atoms with E-state index in [-0.39, 0.29) is 5.91 Å². The van der Waals surface area contributed by atoms with Crippen molar-refractivity contribution in [1.82, 2.24) is 14.7 Å². The largest absolute Gasteiger partial charge is 0.496 e. The summed E-state index contributed by atoms with van der Waals surface area (Å²) in [6.45, 7) is 6.04. The minimum absolute atomic E-state index is 0.199. The number of ether oxygens (including phenoxy) is 1. The van der Waals surface area contributed by atoms with Crippen molar-refractivity contribution < 1.29 is 9.53 Å². The van der Waals surface area contributed by atoms with Crippen LogP contribution in [0, 0.1) is 0 Å². The van der Waals surface area contributed by atoms with E-state index in [9.17, 15) is 4.79 Å². The van der Waals surface area contributed by atoms with E-state index in [1.54, 1.807) is 7.11 Å². The Morgan fingerprint density at radius 2 is 1.96 bits per heavy atom. The molecule has 3 heterocycles. The molecule has 28 heavy (non-hydrogen) atoms. The lowest BCUT2D eigenvalue weighted by atomic mass is 10.1. The summed E-state index contributed by atoms with van der Waals surface area (Å²) in [5.41, 5.74) is 1.08. The second kappa shape index (κ2) is 8.04. The normalized spacial score (nSPS) is 21.4. The molecule has 0 radical (unpaired) electrons. The molecule has 3 aliphatic heterocycles. The zero-order chi connectivity index (χ0) is 19.5. The number of carbonyl (C=O) groups is 1. The first-order valence-corrected chi connectivity index (χ1v) is 9.89. The third-order valence-corrected chi connectivity index (χ3v) is 5.45. The van der Waals surface area contributed by atoms with Crippen LogP contribution in [-0.2, 0) is 11.2 Å². The number of para-hydroxylation sites is 1. The van der Waals surface area contributed by atoms with Crippen molar-refractivity contribution in [3.63, 3.8) is 0 Å². The van der Waals surface area contributed by atoms with Crippen LogP contribution in [0.25, 0.3) is 0 Å².